The molecule has 0 spiro atoms. The van der Waals surface area contributed by atoms with E-state index in [1.54, 1.807) is 42.5 Å². The first-order valence-electron chi connectivity index (χ1n) is 9.15. The number of carbonyl (C=O) groups is 1. The third-order valence-electron chi connectivity index (χ3n) is 4.85. The first-order chi connectivity index (χ1) is 13.9. The lowest BCUT2D eigenvalue weighted by Crippen LogP contribution is -2.55. The third-order valence-corrected chi connectivity index (χ3v) is 4.85. The maximum Gasteiger partial charge on any atom is 0.337 e. The summed E-state index contributed by atoms with van der Waals surface area (Å²) in [4.78, 5) is 11.5. The van der Waals surface area contributed by atoms with Crippen molar-refractivity contribution < 1.29 is 39.4 Å². The molecule has 0 saturated carbocycles. The molecule has 2 aromatic rings. The number of benzene rings is 2. The maximum absolute atomic E-state index is 11.5. The van der Waals surface area contributed by atoms with Gasteiger partial charge in [-0.2, -0.15) is 0 Å². The van der Waals surface area contributed by atoms with Gasteiger partial charge in [0.2, 0.25) is 0 Å². The van der Waals surface area contributed by atoms with E-state index in [9.17, 15) is 25.2 Å². The molecule has 3 unspecified atom stereocenters. The van der Waals surface area contributed by atoms with Crippen LogP contribution in [0, 0.1) is 0 Å². The zero-order valence-electron chi connectivity index (χ0n) is 15.8. The average Bonchev–Trinajstić information content (AvgIpc) is 2.76. The minimum absolute atomic E-state index is 0.225. The molecule has 1 heterocycles. The minimum Gasteiger partial charge on any atom is -0.489 e. The van der Waals surface area contributed by atoms with Crippen molar-refractivity contribution >= 4 is 5.97 Å². The van der Waals surface area contributed by atoms with E-state index < -0.39 is 43.1 Å². The van der Waals surface area contributed by atoms with Gasteiger partial charge in [-0.15, -0.1) is 0 Å². The summed E-state index contributed by atoms with van der Waals surface area (Å²) in [5, 5.41) is 39.5. The van der Waals surface area contributed by atoms with Gasteiger partial charge in [-0.05, 0) is 41.5 Å². The van der Waals surface area contributed by atoms with Crippen LogP contribution < -0.4 is 4.74 Å². The molecule has 0 bridgehead atoms. The highest BCUT2D eigenvalue weighted by Gasteiger charge is 2.43. The highest BCUT2D eigenvalue weighted by atomic mass is 16.5. The maximum atomic E-state index is 11.5. The Bertz CT molecular complexity index is 820. The summed E-state index contributed by atoms with van der Waals surface area (Å²) >= 11 is 0. The number of aliphatic hydroxyl groups is 4. The van der Waals surface area contributed by atoms with Crippen molar-refractivity contribution in [2.75, 3.05) is 13.7 Å². The van der Waals surface area contributed by atoms with Gasteiger partial charge in [0, 0.05) is 0 Å². The molecule has 0 radical (unpaired) electrons. The van der Waals surface area contributed by atoms with Crippen LogP contribution in [-0.4, -0.2) is 64.5 Å². The van der Waals surface area contributed by atoms with Gasteiger partial charge in [0.15, 0.2) is 0 Å². The number of carbonyl (C=O) groups excluding carboxylic acids is 1. The Hall–Kier alpha value is -2.49. The van der Waals surface area contributed by atoms with Crippen molar-refractivity contribution in [3.63, 3.8) is 0 Å². The third kappa shape index (κ3) is 4.75. The lowest BCUT2D eigenvalue weighted by Gasteiger charge is -2.40. The molecule has 0 aliphatic carbocycles. The van der Waals surface area contributed by atoms with E-state index in [1.165, 1.54) is 7.11 Å². The molecular formula is C21H24O8. The summed E-state index contributed by atoms with van der Waals surface area (Å²) in [5.41, 5.74) is 1.80. The van der Waals surface area contributed by atoms with Crippen molar-refractivity contribution in [3.05, 3.63) is 65.2 Å². The predicted octanol–water partition coefficient (Wildman–Crippen LogP) is 0.567. The van der Waals surface area contributed by atoms with Crippen LogP contribution in [-0.2, 0) is 16.1 Å². The largest absolute Gasteiger partial charge is 0.489 e. The summed E-state index contributed by atoms with van der Waals surface area (Å²) < 4.78 is 16.0. The molecule has 8 nitrogen and oxygen atoms in total. The molecule has 0 aromatic heterocycles. The molecule has 1 aliphatic heterocycles. The molecule has 0 amide bonds. The predicted molar refractivity (Wildman–Crippen MR) is 101 cm³/mol. The topological polar surface area (TPSA) is 126 Å². The van der Waals surface area contributed by atoms with Crippen LogP contribution in [0.25, 0.3) is 0 Å². The van der Waals surface area contributed by atoms with Crippen LogP contribution >= 0.6 is 0 Å². The Balaban J connectivity index is 1.68. The van der Waals surface area contributed by atoms with E-state index >= 15 is 0 Å². The zero-order valence-corrected chi connectivity index (χ0v) is 15.8. The van der Waals surface area contributed by atoms with Crippen LogP contribution in [0.1, 0.15) is 27.6 Å². The molecule has 8 heteroatoms. The van der Waals surface area contributed by atoms with E-state index in [2.05, 4.69) is 4.74 Å². The highest BCUT2D eigenvalue weighted by Crippen LogP contribution is 2.32. The van der Waals surface area contributed by atoms with Crippen LogP contribution in [0.3, 0.4) is 0 Å². The van der Waals surface area contributed by atoms with Crippen LogP contribution in [0.4, 0.5) is 0 Å². The van der Waals surface area contributed by atoms with Crippen molar-refractivity contribution in [3.8, 4) is 5.75 Å². The molecular weight excluding hydrogens is 380 g/mol. The van der Waals surface area contributed by atoms with E-state index in [-0.39, 0.29) is 6.61 Å². The van der Waals surface area contributed by atoms with Gasteiger partial charge in [-0.25, -0.2) is 4.79 Å². The summed E-state index contributed by atoms with van der Waals surface area (Å²) in [6.45, 7) is -0.255. The Kier molecular flexibility index (Phi) is 6.83. The fraction of sp³-hybridized carbons (Fsp3) is 0.381. The van der Waals surface area contributed by atoms with Crippen LogP contribution in [0.15, 0.2) is 48.5 Å². The molecule has 29 heavy (non-hydrogen) atoms. The standard InChI is InChI=1S/C21H24O8/c1-27-21(26)13-5-7-15(8-6-13)28-11-12-3-2-4-14(9-12)20-19(25)18(24)17(23)16(10-22)29-20/h2-9,16-20,22-25H,10-11H2,1H3/t16?,17-,18?,19?,20-/m1/s1. The van der Waals surface area contributed by atoms with Gasteiger partial charge < -0.3 is 34.6 Å². The summed E-state index contributed by atoms with van der Waals surface area (Å²) in [6.07, 6.45) is -6.03. The summed E-state index contributed by atoms with van der Waals surface area (Å²) in [7, 11) is 1.31. The van der Waals surface area contributed by atoms with Crippen molar-refractivity contribution in [2.45, 2.75) is 37.1 Å². The fourth-order valence-corrected chi connectivity index (χ4v) is 3.21. The molecule has 3 rings (SSSR count). The molecule has 1 fully saturated rings. The normalized spacial score (nSPS) is 26.7. The quantitative estimate of drug-likeness (QED) is 0.515. The number of rotatable bonds is 6. The lowest BCUT2D eigenvalue weighted by atomic mass is 9.91. The number of ether oxygens (including phenoxy) is 3. The Morgan fingerprint density at radius 2 is 1.76 bits per heavy atom. The molecule has 2 aromatic carbocycles. The van der Waals surface area contributed by atoms with E-state index in [4.69, 9.17) is 9.47 Å². The smallest absolute Gasteiger partial charge is 0.337 e. The average molecular weight is 404 g/mol. The number of hydrogen-bond acceptors (Lipinski definition) is 8. The first-order valence-corrected chi connectivity index (χ1v) is 9.15. The summed E-state index contributed by atoms with van der Waals surface area (Å²) in [6, 6.07) is 13.6. The molecule has 4 N–H and O–H groups in total. The van der Waals surface area contributed by atoms with Crippen molar-refractivity contribution in [2.24, 2.45) is 0 Å². The van der Waals surface area contributed by atoms with Crippen molar-refractivity contribution in [1.82, 2.24) is 0 Å². The molecule has 1 saturated heterocycles. The summed E-state index contributed by atoms with van der Waals surface area (Å²) in [5.74, 6) is 0.139. The lowest BCUT2D eigenvalue weighted by molar-refractivity contribution is -0.231. The minimum atomic E-state index is -1.43. The zero-order chi connectivity index (χ0) is 21.0. The Morgan fingerprint density at radius 3 is 2.41 bits per heavy atom. The van der Waals surface area contributed by atoms with Gasteiger partial charge in [-0.1, -0.05) is 18.2 Å². The van der Waals surface area contributed by atoms with E-state index in [0.717, 1.165) is 5.56 Å². The van der Waals surface area contributed by atoms with E-state index in [1.807, 2.05) is 6.07 Å². The highest BCUT2D eigenvalue weighted by molar-refractivity contribution is 5.89. The second kappa shape index (κ2) is 9.34. The van der Waals surface area contributed by atoms with Gasteiger partial charge in [0.05, 0.1) is 19.3 Å². The monoisotopic (exact) mass is 404 g/mol. The first kappa shape index (κ1) is 21.2. The van der Waals surface area contributed by atoms with Gasteiger partial charge in [0.1, 0.15) is 42.9 Å². The second-order valence-electron chi connectivity index (χ2n) is 6.80. The van der Waals surface area contributed by atoms with Gasteiger partial charge in [-0.3, -0.25) is 0 Å². The van der Waals surface area contributed by atoms with Gasteiger partial charge in [0.25, 0.3) is 0 Å². The Morgan fingerprint density at radius 1 is 1.03 bits per heavy atom. The van der Waals surface area contributed by atoms with Crippen molar-refractivity contribution in [1.29, 1.82) is 0 Å². The number of esters is 1. The van der Waals surface area contributed by atoms with Crippen LogP contribution in [0.5, 0.6) is 5.75 Å². The molecule has 5 atom stereocenters. The SMILES string of the molecule is COC(=O)c1ccc(OCc2cccc([C@H]3OC(CO)[C@@H](O)C(O)C3O)c2)cc1. The Labute approximate surface area is 167 Å². The fourth-order valence-electron chi connectivity index (χ4n) is 3.21. The molecule has 156 valence electrons. The number of hydrogen-bond donors (Lipinski definition) is 4. The van der Waals surface area contributed by atoms with E-state index in [0.29, 0.717) is 16.9 Å². The second-order valence-corrected chi connectivity index (χ2v) is 6.80. The number of aliphatic hydroxyl groups excluding tert-OH is 4. The van der Waals surface area contributed by atoms with Crippen LogP contribution in [0.2, 0.25) is 0 Å². The molecule has 1 aliphatic rings. The van der Waals surface area contributed by atoms with Gasteiger partial charge >= 0.3 is 5.97 Å². The number of methoxy groups -OCH3 is 1.